The number of aromatic hydroxyl groups is 2. The number of carbonyl (C=O) groups excluding carboxylic acids is 12. The van der Waals surface area contributed by atoms with Gasteiger partial charge in [-0.1, -0.05) is 51.9 Å². The number of nitrogens with two attached hydrogens (primary N) is 1. The zero-order valence-corrected chi connectivity index (χ0v) is 57.4. The van der Waals surface area contributed by atoms with Crippen molar-refractivity contribution in [3.8, 4) is 23.0 Å². The van der Waals surface area contributed by atoms with E-state index < -0.39 is 186 Å². The van der Waals surface area contributed by atoms with Crippen molar-refractivity contribution in [3.05, 3.63) is 118 Å². The molecule has 20 N–H and O–H groups in total. The van der Waals surface area contributed by atoms with Crippen LogP contribution in [-0.4, -0.2) is 218 Å². The molecule has 2 saturated heterocycles. The standard InChI is InChI=1S/C65H74N14O22S3/c66-64(67)69-18-6-10-39(55(91)70-25-49(82)73-42(23-51(84)85)59(95)79-46-29-104-103-28-45(56(92)71-26-53(88)89)78-58(94)41(75-62(46)98)19-31-7-2-1-3-8-31)74-61(97)44-27-102-30-50(83)72-40(57(93)76-43(24-52(86)87)60(96)77-44)9-4-5-17-68-54(90)32-11-14-35-38(20-32)65(101-63(35)99)36-15-12-33(80)21-47(36)100-48-22-34(81)13-16-37(48)65/h1-3,7-8,11-16,20-22,39-46,80-81H,4-6,9-10,17-19,23-30H2,(H,68,90)(H,70,91)(H,71,92)(H,72,83)(H,73,82)(H,74,97)(H,75,98)(H,76,93)(H,77,96)(H,78,94)(H,79,95)(H,84,85)(H,86,87)(H,88,89)(H4,66,67,69)/t39-,40-,41-,42-,43-,44-,45-,46-/m0/s1. The Morgan fingerprint density at radius 3 is 1.91 bits per heavy atom. The SMILES string of the molecule is N=C(N)NCCC[C@H](NC(=O)[C@@H]1CSCC(=O)N[C@@H](CCCCNC(=O)c2ccc3c(c2)C2(OC3=O)c3ccc(O)cc3Oc3cc(O)ccc32)C(=O)N[C@@H](CC(=O)O)C(=O)N1)C(=O)NCC(=O)N[C@@H](CC(=O)O)C(=O)N[C@H]1CSSC[C@@H](C(=O)NCC(=O)O)NC(=O)[C@H](Cc2ccccc2)NC1=O. The topological polar surface area (TPSA) is 570 Å². The van der Waals surface area contributed by atoms with Gasteiger partial charge in [-0.2, -0.15) is 0 Å². The Kier molecular flexibility index (Phi) is 27.5. The summed E-state index contributed by atoms with van der Waals surface area (Å²) in [5, 5.41) is 86.1. The molecule has 8 rings (SSSR count). The number of esters is 1. The fourth-order valence-electron chi connectivity index (χ4n) is 11.3. The average Bonchev–Trinajstić information content (AvgIpc) is 1.49. The summed E-state index contributed by atoms with van der Waals surface area (Å²) in [7, 11) is 1.92. The Morgan fingerprint density at radius 2 is 1.25 bits per heavy atom. The molecular formula is C65H74N14O22S3. The first-order valence-corrected chi connectivity index (χ1v) is 35.8. The quantitative estimate of drug-likeness (QED) is 0.00954. The van der Waals surface area contributed by atoms with Crippen molar-refractivity contribution >= 4 is 128 Å². The molecule has 11 amide bonds. The molecule has 4 aromatic carbocycles. The lowest BCUT2D eigenvalue weighted by Gasteiger charge is -2.36. The van der Waals surface area contributed by atoms with E-state index in [9.17, 15) is 92.3 Å². The number of thioether (sulfide) groups is 1. The number of carboxylic acids is 3. The molecule has 1 spiro atoms. The molecule has 4 aliphatic rings. The molecule has 0 unspecified atom stereocenters. The zero-order chi connectivity index (χ0) is 75.4. The number of nitrogens with one attached hydrogen (secondary N) is 13. The van der Waals surface area contributed by atoms with E-state index in [4.69, 9.17) is 25.7 Å². The zero-order valence-electron chi connectivity index (χ0n) is 55.0. The lowest BCUT2D eigenvalue weighted by molar-refractivity contribution is -0.141. The number of amides is 11. The predicted molar refractivity (Wildman–Crippen MR) is 369 cm³/mol. The van der Waals surface area contributed by atoms with Crippen LogP contribution in [0.25, 0.3) is 0 Å². The molecule has 554 valence electrons. The van der Waals surface area contributed by atoms with Gasteiger partial charge < -0.3 is 105 Å². The van der Waals surface area contributed by atoms with Gasteiger partial charge in [0.2, 0.25) is 59.1 Å². The second-order valence-electron chi connectivity index (χ2n) is 23.9. The molecule has 8 atom stereocenters. The highest BCUT2D eigenvalue weighted by Crippen LogP contribution is 2.57. The Balaban J connectivity index is 0.872. The Morgan fingerprint density at radius 1 is 0.606 bits per heavy atom. The lowest BCUT2D eigenvalue weighted by Crippen LogP contribution is -2.60. The molecule has 0 saturated carbocycles. The Bertz CT molecular complexity index is 3970. The summed E-state index contributed by atoms with van der Waals surface area (Å²) < 4.78 is 12.1. The number of aliphatic carboxylic acids is 3. The van der Waals surface area contributed by atoms with E-state index in [1.165, 1.54) is 54.6 Å². The van der Waals surface area contributed by atoms with Crippen molar-refractivity contribution in [2.45, 2.75) is 105 Å². The number of hydrogen-bond acceptors (Lipinski definition) is 23. The fourth-order valence-corrected chi connectivity index (χ4v) is 14.4. The van der Waals surface area contributed by atoms with Gasteiger partial charge in [0.15, 0.2) is 11.6 Å². The van der Waals surface area contributed by atoms with Crippen LogP contribution in [0.3, 0.4) is 0 Å². The number of rotatable bonds is 27. The number of phenols is 2. The average molecular weight is 1500 g/mol. The third-order valence-corrected chi connectivity index (χ3v) is 19.7. The maximum absolute atomic E-state index is 14.2. The molecule has 4 aliphatic heterocycles. The summed E-state index contributed by atoms with van der Waals surface area (Å²) >= 11 is 0.800. The van der Waals surface area contributed by atoms with E-state index in [0.29, 0.717) is 16.7 Å². The number of fused-ring (bicyclic) bond motifs is 6. The molecule has 0 aliphatic carbocycles. The van der Waals surface area contributed by atoms with Gasteiger partial charge in [-0.3, -0.25) is 72.5 Å². The van der Waals surface area contributed by atoms with Crippen LogP contribution in [-0.2, 0) is 79.1 Å². The van der Waals surface area contributed by atoms with E-state index in [1.54, 1.807) is 30.3 Å². The molecule has 36 nitrogen and oxygen atoms in total. The van der Waals surface area contributed by atoms with Crippen molar-refractivity contribution in [1.82, 2.24) is 63.8 Å². The number of benzene rings is 4. The first-order valence-electron chi connectivity index (χ1n) is 32.2. The van der Waals surface area contributed by atoms with Gasteiger partial charge in [0.25, 0.3) is 5.91 Å². The lowest BCUT2D eigenvalue weighted by atomic mass is 9.77. The van der Waals surface area contributed by atoms with Crippen LogP contribution in [0.5, 0.6) is 23.0 Å². The summed E-state index contributed by atoms with van der Waals surface area (Å²) in [6.45, 7) is -1.75. The van der Waals surface area contributed by atoms with Crippen LogP contribution in [0, 0.1) is 5.41 Å². The van der Waals surface area contributed by atoms with Crippen LogP contribution < -0.4 is 74.3 Å². The molecule has 39 heteroatoms. The smallest absolute Gasteiger partial charge is 0.340 e. The molecule has 4 heterocycles. The minimum atomic E-state index is -1.92. The largest absolute Gasteiger partial charge is 0.508 e. The summed E-state index contributed by atoms with van der Waals surface area (Å²) in [4.78, 5) is 200. The second-order valence-corrected chi connectivity index (χ2v) is 27.5. The van der Waals surface area contributed by atoms with Crippen LogP contribution in [0.4, 0.5) is 0 Å². The van der Waals surface area contributed by atoms with Gasteiger partial charge in [0.1, 0.15) is 77.9 Å². The van der Waals surface area contributed by atoms with E-state index in [-0.39, 0.29) is 103 Å². The normalized spacial score (nSPS) is 19.8. The highest BCUT2D eigenvalue weighted by Gasteiger charge is 2.54. The van der Waals surface area contributed by atoms with Gasteiger partial charge in [-0.05, 0) is 80.1 Å². The highest BCUT2D eigenvalue weighted by molar-refractivity contribution is 8.76. The maximum Gasteiger partial charge on any atom is 0.340 e. The Hall–Kier alpha value is -11.4. The minimum Gasteiger partial charge on any atom is -0.508 e. The number of carbonyl (C=O) groups is 15. The number of unbranched alkanes of at least 4 members (excludes halogenated alkanes) is 1. The summed E-state index contributed by atoms with van der Waals surface area (Å²) in [5.41, 5.74) is 5.54. The highest BCUT2D eigenvalue weighted by atomic mass is 33.1. The van der Waals surface area contributed by atoms with Crippen molar-refractivity contribution < 1.29 is 107 Å². The van der Waals surface area contributed by atoms with Gasteiger partial charge in [-0.15, -0.1) is 11.8 Å². The third-order valence-electron chi connectivity index (χ3n) is 16.3. The van der Waals surface area contributed by atoms with E-state index in [2.05, 4.69) is 63.8 Å². The molecule has 2 fully saturated rings. The summed E-state index contributed by atoms with van der Waals surface area (Å²) in [5.74, 6) is -17.5. The van der Waals surface area contributed by atoms with E-state index in [0.717, 1.165) is 33.3 Å². The van der Waals surface area contributed by atoms with Crippen molar-refractivity contribution in [1.29, 1.82) is 5.41 Å². The van der Waals surface area contributed by atoms with Crippen LogP contribution in [0.1, 0.15) is 87.9 Å². The van der Waals surface area contributed by atoms with Gasteiger partial charge >= 0.3 is 23.9 Å². The van der Waals surface area contributed by atoms with Gasteiger partial charge in [0.05, 0.1) is 30.7 Å². The van der Waals surface area contributed by atoms with E-state index in [1.807, 2.05) is 0 Å². The summed E-state index contributed by atoms with van der Waals surface area (Å²) in [6.07, 6.45) is -2.18. The van der Waals surface area contributed by atoms with Crippen LogP contribution >= 0.6 is 33.3 Å². The number of phenolic OH excluding ortho intramolecular Hbond substituents is 2. The molecule has 0 bridgehead atoms. The fraction of sp³-hybridized carbons (Fsp3) is 0.385. The third kappa shape index (κ3) is 21.4. The second kappa shape index (κ2) is 36.5. The van der Waals surface area contributed by atoms with Crippen LogP contribution in [0.15, 0.2) is 84.9 Å². The number of hydrogen-bond donors (Lipinski definition) is 19. The molecular weight excluding hydrogens is 1420 g/mol. The monoisotopic (exact) mass is 1500 g/mol. The molecule has 0 aromatic heterocycles. The maximum atomic E-state index is 14.2. The molecule has 4 aromatic rings. The molecule has 104 heavy (non-hydrogen) atoms. The molecule has 0 radical (unpaired) electrons. The number of guanidine groups is 1. The first kappa shape index (κ1) is 78.4. The summed E-state index contributed by atoms with van der Waals surface area (Å²) in [6, 6.07) is 8.56. The van der Waals surface area contributed by atoms with Crippen LogP contribution in [0.2, 0.25) is 0 Å². The minimum absolute atomic E-state index is 0.00688. The first-order chi connectivity index (χ1) is 49.6. The van der Waals surface area contributed by atoms with Gasteiger partial charge in [0, 0.05) is 71.2 Å². The predicted octanol–water partition coefficient (Wildman–Crippen LogP) is -2.64. The van der Waals surface area contributed by atoms with E-state index >= 15 is 0 Å². The Labute approximate surface area is 603 Å². The van der Waals surface area contributed by atoms with Crippen molar-refractivity contribution in [3.63, 3.8) is 0 Å². The number of ether oxygens (including phenoxy) is 2. The number of carboxylic acid groups (broad SMARTS) is 3. The van der Waals surface area contributed by atoms with Gasteiger partial charge in [-0.25, -0.2) is 4.79 Å². The van der Waals surface area contributed by atoms with Crippen molar-refractivity contribution in [2.24, 2.45) is 5.73 Å². The van der Waals surface area contributed by atoms with Crippen molar-refractivity contribution in [2.75, 3.05) is 49.2 Å².